The first kappa shape index (κ1) is 11.9. The van der Waals surface area contributed by atoms with Crippen molar-refractivity contribution in [1.82, 2.24) is 9.80 Å². The molecule has 0 aromatic carbocycles. The van der Waals surface area contributed by atoms with Gasteiger partial charge in [-0.15, -0.1) is 0 Å². The minimum absolute atomic E-state index is 0.0785. The molecule has 13 heavy (non-hydrogen) atoms. The van der Waals surface area contributed by atoms with E-state index in [0.29, 0.717) is 0 Å². The highest BCUT2D eigenvalue weighted by Crippen LogP contribution is 2.14. The van der Waals surface area contributed by atoms with Crippen LogP contribution in [0.15, 0.2) is 0 Å². The van der Waals surface area contributed by atoms with E-state index in [2.05, 4.69) is 0 Å². The monoisotopic (exact) mass is 186 g/mol. The topological polar surface area (TPSA) is 40.6 Å². The molecule has 76 valence electrons. The van der Waals surface area contributed by atoms with Gasteiger partial charge >= 0.3 is 0 Å². The van der Waals surface area contributed by atoms with E-state index < -0.39 is 5.54 Å². The van der Waals surface area contributed by atoms with Gasteiger partial charge in [0.15, 0.2) is 0 Å². The van der Waals surface area contributed by atoms with E-state index in [9.17, 15) is 9.59 Å². The van der Waals surface area contributed by atoms with Crippen LogP contribution < -0.4 is 0 Å². The number of rotatable bonds is 2. The maximum absolute atomic E-state index is 11.6. The smallest absolute Gasteiger partial charge is 0.247 e. The Labute approximate surface area is 79.5 Å². The van der Waals surface area contributed by atoms with Crippen LogP contribution in [-0.4, -0.2) is 48.3 Å². The van der Waals surface area contributed by atoms with Crippen LogP contribution in [0.1, 0.15) is 20.8 Å². The van der Waals surface area contributed by atoms with Gasteiger partial charge < -0.3 is 9.80 Å². The van der Waals surface area contributed by atoms with Gasteiger partial charge in [0, 0.05) is 28.1 Å². The molecule has 0 rings (SSSR count). The van der Waals surface area contributed by atoms with Crippen LogP contribution in [0.4, 0.5) is 0 Å². The minimum Gasteiger partial charge on any atom is -0.347 e. The molecule has 0 N–H and O–H groups in total. The first-order valence-corrected chi connectivity index (χ1v) is 4.17. The number of carbonyl (C=O) groups excluding carboxylic acids is 2. The van der Waals surface area contributed by atoms with Crippen LogP contribution in [0.3, 0.4) is 0 Å². The quantitative estimate of drug-likeness (QED) is 0.623. The highest BCUT2D eigenvalue weighted by Gasteiger charge is 2.34. The van der Waals surface area contributed by atoms with Crippen molar-refractivity contribution in [3.05, 3.63) is 0 Å². The molecule has 0 unspecified atom stereocenters. The van der Waals surface area contributed by atoms with Crippen LogP contribution in [0.25, 0.3) is 0 Å². The molecule has 0 heterocycles. The molecular weight excluding hydrogens is 168 g/mol. The molecule has 0 aliphatic heterocycles. The molecule has 0 saturated heterocycles. The zero-order valence-corrected chi connectivity index (χ0v) is 9.21. The lowest BCUT2D eigenvalue weighted by Gasteiger charge is -2.35. The SMILES string of the molecule is CC(=O)N(C)C(C)(C)C(=O)N(C)C. The summed E-state index contributed by atoms with van der Waals surface area (Å²) in [7, 11) is 4.99. The van der Waals surface area contributed by atoms with Crippen molar-refractivity contribution in [1.29, 1.82) is 0 Å². The second-order valence-corrected chi connectivity index (χ2v) is 3.84. The van der Waals surface area contributed by atoms with Crippen molar-refractivity contribution in [3.63, 3.8) is 0 Å². The van der Waals surface area contributed by atoms with Gasteiger partial charge in [0.05, 0.1) is 0 Å². The van der Waals surface area contributed by atoms with E-state index in [1.54, 1.807) is 35.0 Å². The van der Waals surface area contributed by atoms with E-state index >= 15 is 0 Å². The standard InChI is InChI=1S/C9H18N2O2/c1-7(12)11(6)9(2,3)8(13)10(4)5/h1-6H3. The van der Waals surface area contributed by atoms with Gasteiger partial charge in [-0.25, -0.2) is 0 Å². The molecule has 0 aliphatic rings. The number of amides is 2. The number of hydrogen-bond acceptors (Lipinski definition) is 2. The Morgan fingerprint density at radius 2 is 1.46 bits per heavy atom. The maximum Gasteiger partial charge on any atom is 0.247 e. The van der Waals surface area contributed by atoms with Crippen LogP contribution in [-0.2, 0) is 9.59 Å². The Morgan fingerprint density at radius 1 is 1.08 bits per heavy atom. The molecule has 0 radical (unpaired) electrons. The lowest BCUT2D eigenvalue weighted by atomic mass is 10.0. The predicted octanol–water partition coefficient (Wildman–Crippen LogP) is 0.331. The number of nitrogens with zero attached hydrogens (tertiary/aromatic N) is 2. The second-order valence-electron chi connectivity index (χ2n) is 3.84. The summed E-state index contributed by atoms with van der Waals surface area (Å²) in [4.78, 5) is 25.6. The number of hydrogen-bond donors (Lipinski definition) is 0. The summed E-state index contributed by atoms with van der Waals surface area (Å²) in [5, 5.41) is 0. The fraction of sp³-hybridized carbons (Fsp3) is 0.778. The molecule has 0 atom stereocenters. The largest absolute Gasteiger partial charge is 0.347 e. The maximum atomic E-state index is 11.6. The summed E-state index contributed by atoms with van der Waals surface area (Å²) in [6.07, 6.45) is 0. The molecule has 0 aromatic heterocycles. The first-order chi connectivity index (χ1) is 5.71. The zero-order chi connectivity index (χ0) is 10.8. The van der Waals surface area contributed by atoms with Crippen LogP contribution in [0.5, 0.6) is 0 Å². The number of carbonyl (C=O) groups is 2. The zero-order valence-electron chi connectivity index (χ0n) is 9.21. The average Bonchev–Trinajstić information content (AvgIpc) is 2.01. The van der Waals surface area contributed by atoms with Crippen LogP contribution in [0, 0.1) is 0 Å². The third-order valence-electron chi connectivity index (χ3n) is 2.24. The molecular formula is C9H18N2O2. The predicted molar refractivity (Wildman–Crippen MR) is 51.2 cm³/mol. The van der Waals surface area contributed by atoms with Gasteiger partial charge in [0.2, 0.25) is 11.8 Å². The van der Waals surface area contributed by atoms with Gasteiger partial charge in [-0.3, -0.25) is 9.59 Å². The van der Waals surface area contributed by atoms with E-state index in [1.165, 1.54) is 16.7 Å². The van der Waals surface area contributed by atoms with E-state index in [4.69, 9.17) is 0 Å². The third-order valence-corrected chi connectivity index (χ3v) is 2.24. The second kappa shape index (κ2) is 3.77. The molecule has 0 saturated carbocycles. The van der Waals surface area contributed by atoms with Gasteiger partial charge in [-0.05, 0) is 13.8 Å². The molecule has 4 heteroatoms. The Hall–Kier alpha value is -1.06. The summed E-state index contributed by atoms with van der Waals surface area (Å²) in [6, 6.07) is 0. The normalized spacial score (nSPS) is 10.9. The van der Waals surface area contributed by atoms with Crippen LogP contribution >= 0.6 is 0 Å². The molecule has 0 aromatic rings. The van der Waals surface area contributed by atoms with Gasteiger partial charge in [0.25, 0.3) is 0 Å². The van der Waals surface area contributed by atoms with Crippen molar-refractivity contribution in [2.45, 2.75) is 26.3 Å². The van der Waals surface area contributed by atoms with Gasteiger partial charge in [0.1, 0.15) is 5.54 Å². The Kier molecular flexibility index (Phi) is 3.46. The summed E-state index contributed by atoms with van der Waals surface area (Å²) in [5.41, 5.74) is -0.769. The molecule has 0 bridgehead atoms. The third kappa shape index (κ3) is 2.44. The highest BCUT2D eigenvalue weighted by molar-refractivity contribution is 5.89. The van der Waals surface area contributed by atoms with E-state index in [-0.39, 0.29) is 11.8 Å². The van der Waals surface area contributed by atoms with Gasteiger partial charge in [-0.2, -0.15) is 0 Å². The lowest BCUT2D eigenvalue weighted by molar-refractivity contribution is -0.147. The fourth-order valence-corrected chi connectivity index (χ4v) is 1.08. The summed E-state index contributed by atoms with van der Waals surface area (Å²) >= 11 is 0. The fourth-order valence-electron chi connectivity index (χ4n) is 1.08. The van der Waals surface area contributed by atoms with E-state index in [0.717, 1.165) is 0 Å². The van der Waals surface area contributed by atoms with Crippen LogP contribution in [0.2, 0.25) is 0 Å². The average molecular weight is 186 g/mol. The highest BCUT2D eigenvalue weighted by atomic mass is 16.2. The Balaban J connectivity index is 4.75. The van der Waals surface area contributed by atoms with Crippen molar-refractivity contribution in [3.8, 4) is 0 Å². The van der Waals surface area contributed by atoms with Crippen molar-refractivity contribution >= 4 is 11.8 Å². The lowest BCUT2D eigenvalue weighted by Crippen LogP contribution is -2.54. The summed E-state index contributed by atoms with van der Waals surface area (Å²) < 4.78 is 0. The molecule has 0 aliphatic carbocycles. The van der Waals surface area contributed by atoms with Crippen molar-refractivity contribution in [2.24, 2.45) is 0 Å². The summed E-state index contributed by atoms with van der Waals surface area (Å²) in [5.74, 6) is -0.189. The van der Waals surface area contributed by atoms with Crippen molar-refractivity contribution in [2.75, 3.05) is 21.1 Å². The molecule has 0 fully saturated rings. The summed E-state index contributed by atoms with van der Waals surface area (Å²) in [6.45, 7) is 4.91. The molecule has 4 nitrogen and oxygen atoms in total. The minimum atomic E-state index is -0.769. The Morgan fingerprint density at radius 3 is 1.69 bits per heavy atom. The van der Waals surface area contributed by atoms with E-state index in [1.807, 2.05) is 0 Å². The number of likely N-dealkylation sites (N-methyl/N-ethyl adjacent to an activating group) is 2. The molecule has 2 amide bonds. The van der Waals surface area contributed by atoms with Gasteiger partial charge in [-0.1, -0.05) is 0 Å². The first-order valence-electron chi connectivity index (χ1n) is 4.17. The Bertz CT molecular complexity index is 222. The van der Waals surface area contributed by atoms with Crippen molar-refractivity contribution < 1.29 is 9.59 Å². The molecule has 0 spiro atoms.